The van der Waals surface area contributed by atoms with E-state index in [0.29, 0.717) is 29.6 Å². The maximum atomic E-state index is 12.4. The molecule has 0 unspecified atom stereocenters. The number of rotatable bonds is 7. The van der Waals surface area contributed by atoms with Gasteiger partial charge in [-0.15, -0.1) is 0 Å². The Hall–Kier alpha value is -3.48. The van der Waals surface area contributed by atoms with Gasteiger partial charge in [0.15, 0.2) is 0 Å². The number of nitrogens with zero attached hydrogens (tertiary/aromatic N) is 2. The van der Waals surface area contributed by atoms with Crippen molar-refractivity contribution < 1.29 is 9.59 Å². The predicted molar refractivity (Wildman–Crippen MR) is 103 cm³/mol. The Morgan fingerprint density at radius 1 is 1.07 bits per heavy atom. The smallest absolute Gasteiger partial charge is 0.261 e. The first-order valence-electron chi connectivity index (χ1n) is 8.64. The minimum absolute atomic E-state index is 0.106. The number of primary amides is 1. The van der Waals surface area contributed by atoms with Gasteiger partial charge >= 0.3 is 0 Å². The van der Waals surface area contributed by atoms with Crippen molar-refractivity contribution in [2.75, 3.05) is 5.32 Å². The SMILES string of the molecule is NC(=O)Cc1ccc(NC(=O)CCCn2cnc3ccccc3c2=O)cc1. The number of aryl methyl sites for hydroxylation is 1. The second-order valence-electron chi connectivity index (χ2n) is 6.25. The summed E-state index contributed by atoms with van der Waals surface area (Å²) in [6.07, 6.45) is 2.48. The summed E-state index contributed by atoms with van der Waals surface area (Å²) in [5.74, 6) is -0.537. The molecule has 3 rings (SSSR count). The zero-order valence-electron chi connectivity index (χ0n) is 14.7. The lowest BCUT2D eigenvalue weighted by atomic mass is 10.1. The van der Waals surface area contributed by atoms with Crippen LogP contribution in [0, 0.1) is 0 Å². The van der Waals surface area contributed by atoms with Crippen LogP contribution in [0.1, 0.15) is 18.4 Å². The lowest BCUT2D eigenvalue weighted by Gasteiger charge is -2.08. The normalized spacial score (nSPS) is 10.7. The summed E-state index contributed by atoms with van der Waals surface area (Å²) < 4.78 is 1.52. The topological polar surface area (TPSA) is 107 Å². The van der Waals surface area contributed by atoms with Gasteiger partial charge in [-0.1, -0.05) is 24.3 Å². The highest BCUT2D eigenvalue weighted by atomic mass is 16.2. The number of anilines is 1. The van der Waals surface area contributed by atoms with Gasteiger partial charge in [-0.2, -0.15) is 0 Å². The van der Waals surface area contributed by atoms with E-state index in [-0.39, 0.29) is 24.3 Å². The first kappa shape index (κ1) is 18.3. The Morgan fingerprint density at radius 3 is 2.56 bits per heavy atom. The van der Waals surface area contributed by atoms with Gasteiger partial charge in [0.1, 0.15) is 0 Å². The molecule has 27 heavy (non-hydrogen) atoms. The third-order valence-corrected chi connectivity index (χ3v) is 4.15. The molecular weight excluding hydrogens is 344 g/mol. The van der Waals surface area contributed by atoms with E-state index < -0.39 is 5.91 Å². The van der Waals surface area contributed by atoms with Crippen molar-refractivity contribution in [3.8, 4) is 0 Å². The molecule has 0 saturated carbocycles. The zero-order chi connectivity index (χ0) is 19.2. The Kier molecular flexibility index (Phi) is 5.61. The largest absolute Gasteiger partial charge is 0.369 e. The molecule has 1 heterocycles. The molecule has 7 heteroatoms. The zero-order valence-corrected chi connectivity index (χ0v) is 14.7. The highest BCUT2D eigenvalue weighted by Crippen LogP contribution is 2.11. The number of fused-ring (bicyclic) bond motifs is 1. The van der Waals surface area contributed by atoms with Crippen LogP contribution in [-0.2, 0) is 22.6 Å². The first-order chi connectivity index (χ1) is 13.0. The minimum Gasteiger partial charge on any atom is -0.369 e. The standard InChI is InChI=1S/C20H20N4O3/c21-18(25)12-14-7-9-15(10-8-14)23-19(26)6-3-11-24-13-22-17-5-2-1-4-16(17)20(24)27/h1-2,4-5,7-10,13H,3,6,11-12H2,(H2,21,25)(H,23,26). The van der Waals surface area contributed by atoms with E-state index in [1.54, 1.807) is 42.5 Å². The van der Waals surface area contributed by atoms with Crippen molar-refractivity contribution in [3.63, 3.8) is 0 Å². The van der Waals surface area contributed by atoms with Crippen LogP contribution in [0.4, 0.5) is 5.69 Å². The number of para-hydroxylation sites is 1. The minimum atomic E-state index is -0.398. The molecule has 2 amide bonds. The number of nitrogens with two attached hydrogens (primary N) is 1. The molecule has 0 bridgehead atoms. The van der Waals surface area contributed by atoms with Crippen LogP contribution >= 0.6 is 0 Å². The third-order valence-electron chi connectivity index (χ3n) is 4.15. The van der Waals surface area contributed by atoms with Gasteiger partial charge in [-0.3, -0.25) is 19.0 Å². The van der Waals surface area contributed by atoms with Crippen LogP contribution in [0.5, 0.6) is 0 Å². The molecule has 0 atom stereocenters. The number of hydrogen-bond acceptors (Lipinski definition) is 4. The molecule has 7 nitrogen and oxygen atoms in total. The van der Waals surface area contributed by atoms with E-state index in [9.17, 15) is 14.4 Å². The number of benzene rings is 2. The number of hydrogen-bond donors (Lipinski definition) is 2. The van der Waals surface area contributed by atoms with Crippen molar-refractivity contribution in [1.82, 2.24) is 9.55 Å². The van der Waals surface area contributed by atoms with E-state index in [1.807, 2.05) is 6.07 Å². The summed E-state index contributed by atoms with van der Waals surface area (Å²) in [7, 11) is 0. The fraction of sp³-hybridized carbons (Fsp3) is 0.200. The summed E-state index contributed by atoms with van der Waals surface area (Å²) in [6.45, 7) is 0.418. The van der Waals surface area contributed by atoms with Crippen molar-refractivity contribution in [1.29, 1.82) is 0 Å². The van der Waals surface area contributed by atoms with Crippen LogP contribution in [-0.4, -0.2) is 21.4 Å². The molecule has 0 fully saturated rings. The fourth-order valence-electron chi connectivity index (χ4n) is 2.81. The maximum absolute atomic E-state index is 12.4. The van der Waals surface area contributed by atoms with E-state index in [1.165, 1.54) is 10.9 Å². The molecule has 138 valence electrons. The maximum Gasteiger partial charge on any atom is 0.261 e. The van der Waals surface area contributed by atoms with E-state index in [0.717, 1.165) is 5.56 Å². The van der Waals surface area contributed by atoms with Crippen molar-refractivity contribution in [3.05, 3.63) is 70.8 Å². The Morgan fingerprint density at radius 2 is 1.81 bits per heavy atom. The van der Waals surface area contributed by atoms with E-state index in [2.05, 4.69) is 10.3 Å². The fourth-order valence-corrected chi connectivity index (χ4v) is 2.81. The number of amides is 2. The predicted octanol–water partition coefficient (Wildman–Crippen LogP) is 1.84. The number of aromatic nitrogens is 2. The van der Waals surface area contributed by atoms with Crippen LogP contribution in [0.15, 0.2) is 59.7 Å². The highest BCUT2D eigenvalue weighted by Gasteiger charge is 2.06. The molecule has 0 aliphatic carbocycles. The molecule has 0 aliphatic heterocycles. The Labute approximate surface area is 155 Å². The summed E-state index contributed by atoms with van der Waals surface area (Å²) >= 11 is 0. The quantitative estimate of drug-likeness (QED) is 0.667. The third kappa shape index (κ3) is 4.78. The molecule has 2 aromatic carbocycles. The average Bonchev–Trinajstić information content (AvgIpc) is 2.65. The van der Waals surface area contributed by atoms with Crippen molar-refractivity contribution in [2.45, 2.75) is 25.8 Å². The summed E-state index contributed by atoms with van der Waals surface area (Å²) in [4.78, 5) is 39.6. The molecule has 3 N–H and O–H groups in total. The molecule has 0 aliphatic rings. The van der Waals surface area contributed by atoms with Crippen molar-refractivity contribution >= 4 is 28.4 Å². The Bertz CT molecular complexity index is 1030. The van der Waals surface area contributed by atoms with Crippen LogP contribution in [0.3, 0.4) is 0 Å². The Balaban J connectivity index is 1.53. The lowest BCUT2D eigenvalue weighted by Crippen LogP contribution is -2.21. The van der Waals surface area contributed by atoms with Crippen molar-refractivity contribution in [2.24, 2.45) is 5.73 Å². The monoisotopic (exact) mass is 364 g/mol. The van der Waals surface area contributed by atoms with Crippen LogP contribution < -0.4 is 16.6 Å². The van der Waals surface area contributed by atoms with E-state index in [4.69, 9.17) is 5.73 Å². The lowest BCUT2D eigenvalue weighted by molar-refractivity contribution is -0.117. The number of nitrogens with one attached hydrogen (secondary N) is 1. The van der Waals surface area contributed by atoms with Gasteiger partial charge < -0.3 is 11.1 Å². The second kappa shape index (κ2) is 8.27. The van der Waals surface area contributed by atoms with Crippen LogP contribution in [0.25, 0.3) is 10.9 Å². The molecular formula is C20H20N4O3. The molecule has 1 aromatic heterocycles. The van der Waals surface area contributed by atoms with Gasteiger partial charge in [-0.05, 0) is 36.2 Å². The molecule has 3 aromatic rings. The summed E-state index contributed by atoms with van der Waals surface area (Å²) in [5, 5.41) is 3.36. The number of carbonyl (C=O) groups excluding carboxylic acids is 2. The van der Waals surface area contributed by atoms with Crippen LogP contribution in [0.2, 0.25) is 0 Å². The van der Waals surface area contributed by atoms with Gasteiger partial charge in [0.25, 0.3) is 5.56 Å². The first-order valence-corrected chi connectivity index (χ1v) is 8.64. The second-order valence-corrected chi connectivity index (χ2v) is 6.25. The van der Waals surface area contributed by atoms with Gasteiger partial charge in [-0.25, -0.2) is 4.98 Å². The molecule has 0 spiro atoms. The molecule has 0 radical (unpaired) electrons. The average molecular weight is 364 g/mol. The highest BCUT2D eigenvalue weighted by molar-refractivity contribution is 5.90. The van der Waals surface area contributed by atoms with E-state index >= 15 is 0 Å². The number of carbonyl (C=O) groups is 2. The van der Waals surface area contributed by atoms with Gasteiger partial charge in [0.05, 0.1) is 23.7 Å². The van der Waals surface area contributed by atoms with Gasteiger partial charge in [0.2, 0.25) is 11.8 Å². The summed E-state index contributed by atoms with van der Waals surface area (Å²) in [5.41, 5.74) is 7.15. The molecule has 0 saturated heterocycles. The van der Waals surface area contributed by atoms with Gasteiger partial charge in [0, 0.05) is 18.7 Å². The summed E-state index contributed by atoms with van der Waals surface area (Å²) in [6, 6.07) is 14.1.